The van der Waals surface area contributed by atoms with Crippen LogP contribution in [0, 0.1) is 0 Å². The van der Waals surface area contributed by atoms with Gasteiger partial charge in [-0.1, -0.05) is 115 Å². The summed E-state index contributed by atoms with van der Waals surface area (Å²) in [6.45, 7) is 0. The Bertz CT molecular complexity index is 2300. The van der Waals surface area contributed by atoms with Crippen LogP contribution in [0.5, 0.6) is 0 Å². The third-order valence-electron chi connectivity index (χ3n) is 9.59. The molecule has 1 heterocycles. The lowest BCUT2D eigenvalue weighted by Crippen LogP contribution is -2.10. The Hall–Kier alpha value is -5.99. The van der Waals surface area contributed by atoms with Gasteiger partial charge in [-0.25, -0.2) is 0 Å². The predicted molar refractivity (Wildman–Crippen MR) is 198 cm³/mol. The van der Waals surface area contributed by atoms with Gasteiger partial charge in [0.1, 0.15) is 0 Å². The first-order valence-electron chi connectivity index (χ1n) is 16.3. The van der Waals surface area contributed by atoms with E-state index in [1.165, 1.54) is 55.3 Å². The molecule has 9 rings (SSSR count). The number of hydrogen-bond donors (Lipinski definition) is 0. The molecule has 2 aliphatic carbocycles. The molecule has 47 heavy (non-hydrogen) atoms. The molecule has 7 aromatic rings. The average Bonchev–Trinajstić information content (AvgIpc) is 3.15. The van der Waals surface area contributed by atoms with Crippen LogP contribution in [0.3, 0.4) is 0 Å². The lowest BCUT2D eigenvalue weighted by atomic mass is 9.79. The summed E-state index contributed by atoms with van der Waals surface area (Å²) in [4.78, 5) is 6.61. The molecule has 0 aliphatic heterocycles. The van der Waals surface area contributed by atoms with Crippen LogP contribution in [0.1, 0.15) is 33.4 Å². The van der Waals surface area contributed by atoms with Crippen molar-refractivity contribution in [1.29, 1.82) is 0 Å². The number of anilines is 3. The van der Waals surface area contributed by atoms with Crippen molar-refractivity contribution in [3.63, 3.8) is 0 Å². The molecule has 0 N–H and O–H groups in total. The van der Waals surface area contributed by atoms with Gasteiger partial charge in [0.25, 0.3) is 0 Å². The number of aromatic nitrogens is 1. The van der Waals surface area contributed by atoms with Crippen LogP contribution in [-0.4, -0.2) is 4.98 Å². The Morgan fingerprint density at radius 1 is 0.404 bits per heavy atom. The van der Waals surface area contributed by atoms with Crippen LogP contribution >= 0.6 is 0 Å². The fourth-order valence-electron chi connectivity index (χ4n) is 7.33. The largest absolute Gasteiger partial charge is 0.311 e. The van der Waals surface area contributed by atoms with Gasteiger partial charge in [0.15, 0.2) is 0 Å². The third kappa shape index (κ3) is 4.95. The van der Waals surface area contributed by atoms with Gasteiger partial charge in [0.05, 0.1) is 0 Å². The average molecular weight is 601 g/mol. The minimum Gasteiger partial charge on any atom is -0.311 e. The molecule has 0 spiro atoms. The van der Waals surface area contributed by atoms with Crippen LogP contribution in [-0.2, 0) is 12.8 Å². The summed E-state index contributed by atoms with van der Waals surface area (Å²) in [5.41, 5.74) is 16.5. The summed E-state index contributed by atoms with van der Waals surface area (Å²) in [6.07, 6.45) is 10.4. The van der Waals surface area contributed by atoms with Crippen molar-refractivity contribution in [1.82, 2.24) is 4.98 Å². The van der Waals surface area contributed by atoms with Crippen LogP contribution in [0.25, 0.3) is 45.2 Å². The standard InChI is InChI=1S/C45H32N2/c1-3-8-31(9-4-1)39-26-34-13-15-36-28-40(29-37-16-14-35(27-39)44(34)45(36)37)33-19-23-43(24-20-33)47(41-11-5-2-6-12-41)42-21-17-32(18-22-42)38-10-7-25-46-30-38/h1-26,28,30H,27,29H2. The van der Waals surface area contributed by atoms with E-state index in [1.807, 2.05) is 18.5 Å². The van der Waals surface area contributed by atoms with Crippen LogP contribution in [0.2, 0.25) is 0 Å². The van der Waals surface area contributed by atoms with Crippen molar-refractivity contribution in [3.05, 3.63) is 191 Å². The molecule has 0 radical (unpaired) electrons. The maximum atomic E-state index is 4.29. The van der Waals surface area contributed by atoms with Gasteiger partial charge >= 0.3 is 0 Å². The van der Waals surface area contributed by atoms with E-state index >= 15 is 0 Å². The smallest absolute Gasteiger partial charge is 0.0462 e. The molecule has 0 amide bonds. The van der Waals surface area contributed by atoms with Crippen molar-refractivity contribution >= 4 is 51.1 Å². The Labute approximate surface area is 275 Å². The lowest BCUT2D eigenvalue weighted by molar-refractivity contribution is 1.25. The Morgan fingerprint density at radius 2 is 0.894 bits per heavy atom. The van der Waals surface area contributed by atoms with Gasteiger partial charge in [0.2, 0.25) is 0 Å². The van der Waals surface area contributed by atoms with Crippen molar-refractivity contribution in [2.24, 2.45) is 0 Å². The number of para-hydroxylation sites is 1. The minimum atomic E-state index is 0.931. The zero-order chi connectivity index (χ0) is 31.2. The van der Waals surface area contributed by atoms with E-state index in [2.05, 4.69) is 162 Å². The van der Waals surface area contributed by atoms with Gasteiger partial charge in [-0.15, -0.1) is 0 Å². The lowest BCUT2D eigenvalue weighted by Gasteiger charge is -2.27. The fraction of sp³-hybridized carbons (Fsp3) is 0.0444. The van der Waals surface area contributed by atoms with Gasteiger partial charge in [-0.2, -0.15) is 0 Å². The van der Waals surface area contributed by atoms with E-state index in [0.717, 1.165) is 41.0 Å². The van der Waals surface area contributed by atoms with Crippen molar-refractivity contribution < 1.29 is 0 Å². The number of allylic oxidation sites excluding steroid dienone is 2. The summed E-state index contributed by atoms with van der Waals surface area (Å²) in [6, 6.07) is 52.6. The SMILES string of the molecule is C1=C(c2ccccc2)Cc2ccc3c4c(ccc1c24)C=C(c1ccc(N(c2ccccc2)c2ccc(-c4cccnc4)cc2)cc1)C3. The molecule has 6 aromatic carbocycles. The zero-order valence-electron chi connectivity index (χ0n) is 26.0. The number of hydrogen-bond acceptors (Lipinski definition) is 2. The molecule has 0 saturated carbocycles. The van der Waals surface area contributed by atoms with Gasteiger partial charge in [-0.05, 0) is 122 Å². The Kier molecular flexibility index (Phi) is 6.64. The van der Waals surface area contributed by atoms with Crippen molar-refractivity contribution in [2.45, 2.75) is 12.8 Å². The van der Waals surface area contributed by atoms with Crippen LogP contribution in [0.4, 0.5) is 17.1 Å². The summed E-state index contributed by atoms with van der Waals surface area (Å²) in [5, 5.41) is 2.85. The molecular formula is C45H32N2. The molecule has 0 saturated heterocycles. The minimum absolute atomic E-state index is 0.931. The second-order valence-corrected chi connectivity index (χ2v) is 12.4. The first-order chi connectivity index (χ1) is 23.3. The Balaban J connectivity index is 1.05. The second kappa shape index (κ2) is 11.4. The van der Waals surface area contributed by atoms with E-state index in [0.29, 0.717) is 0 Å². The quantitative estimate of drug-likeness (QED) is 0.189. The molecule has 0 unspecified atom stereocenters. The first-order valence-corrected chi connectivity index (χ1v) is 16.3. The van der Waals surface area contributed by atoms with Crippen molar-refractivity contribution in [2.75, 3.05) is 4.90 Å². The maximum Gasteiger partial charge on any atom is 0.0462 e. The number of pyridine rings is 1. The zero-order valence-corrected chi connectivity index (χ0v) is 26.0. The summed E-state index contributed by atoms with van der Waals surface area (Å²) < 4.78 is 0. The van der Waals surface area contributed by atoms with Gasteiger partial charge in [0, 0.05) is 29.5 Å². The second-order valence-electron chi connectivity index (χ2n) is 12.4. The molecule has 0 atom stereocenters. The van der Waals surface area contributed by atoms with E-state index in [9.17, 15) is 0 Å². The van der Waals surface area contributed by atoms with E-state index in [1.54, 1.807) is 0 Å². The van der Waals surface area contributed by atoms with Crippen molar-refractivity contribution in [3.8, 4) is 11.1 Å². The number of benzene rings is 6. The van der Waals surface area contributed by atoms with Crippen LogP contribution in [0.15, 0.2) is 158 Å². The molecule has 2 nitrogen and oxygen atoms in total. The highest BCUT2D eigenvalue weighted by atomic mass is 15.1. The first kappa shape index (κ1) is 27.3. The number of nitrogens with zero attached hydrogens (tertiary/aromatic N) is 2. The van der Waals surface area contributed by atoms with Crippen LogP contribution < -0.4 is 4.90 Å². The highest BCUT2D eigenvalue weighted by Crippen LogP contribution is 2.43. The van der Waals surface area contributed by atoms with E-state index in [-0.39, 0.29) is 0 Å². The molecule has 1 aromatic heterocycles. The number of rotatable bonds is 6. The molecule has 222 valence electrons. The normalized spacial score (nSPS) is 13.2. The summed E-state index contributed by atoms with van der Waals surface area (Å²) >= 11 is 0. The summed E-state index contributed by atoms with van der Waals surface area (Å²) in [5.74, 6) is 0. The Morgan fingerprint density at radius 3 is 1.45 bits per heavy atom. The van der Waals surface area contributed by atoms with E-state index in [4.69, 9.17) is 0 Å². The van der Waals surface area contributed by atoms with Gasteiger partial charge < -0.3 is 4.90 Å². The summed E-state index contributed by atoms with van der Waals surface area (Å²) in [7, 11) is 0. The fourth-order valence-corrected chi connectivity index (χ4v) is 7.33. The molecule has 2 heteroatoms. The molecule has 0 fully saturated rings. The topological polar surface area (TPSA) is 16.1 Å². The highest BCUT2D eigenvalue weighted by Gasteiger charge is 2.22. The molecule has 2 aliphatic rings. The molecular weight excluding hydrogens is 569 g/mol. The predicted octanol–water partition coefficient (Wildman–Crippen LogP) is 11.6. The maximum absolute atomic E-state index is 4.29. The van der Waals surface area contributed by atoms with Gasteiger partial charge in [-0.3, -0.25) is 4.98 Å². The molecule has 0 bridgehead atoms. The highest BCUT2D eigenvalue weighted by molar-refractivity contribution is 6.09. The van der Waals surface area contributed by atoms with E-state index < -0.39 is 0 Å². The monoisotopic (exact) mass is 600 g/mol. The third-order valence-corrected chi connectivity index (χ3v) is 9.59.